The first-order valence-corrected chi connectivity index (χ1v) is 14.6. The van der Waals surface area contributed by atoms with E-state index in [9.17, 15) is 31.5 Å². The van der Waals surface area contributed by atoms with Crippen LogP contribution in [-0.4, -0.2) is 54.5 Å². The van der Waals surface area contributed by atoms with Crippen molar-refractivity contribution in [1.82, 2.24) is 15.3 Å². The van der Waals surface area contributed by atoms with Gasteiger partial charge in [0.25, 0.3) is 0 Å². The lowest BCUT2D eigenvalue weighted by atomic mass is 10.00. The van der Waals surface area contributed by atoms with E-state index in [0.29, 0.717) is 22.4 Å². The number of nitrogens with zero attached hydrogens (tertiary/aromatic N) is 4. The molecule has 2 aromatic rings. The number of carbonyl (C=O) groups is 1. The van der Waals surface area contributed by atoms with E-state index in [1.807, 2.05) is 13.8 Å². The van der Waals surface area contributed by atoms with Crippen LogP contribution in [0.15, 0.2) is 63.3 Å². The minimum Gasteiger partial charge on any atom is -0.389 e. The standard InChI is InChI=1S/C28H34F3N5O4S/c1-7-41(39,40)21-10-8-19(9-11-21)13-33-26(38)17(4)12-20-15-36(24(16(2)3)23(20)32-6)27-34-14-22(18(5)37)25(35-27)28(29,30)31/h8-12,14,16,18,24,37H,6-7,13,15H2,1-5H3,(H,33,38)/b17-12+/t18-,24-/m0/s1. The van der Waals surface area contributed by atoms with Crippen molar-refractivity contribution in [3.05, 3.63) is 70.2 Å². The Morgan fingerprint density at radius 2 is 1.90 bits per heavy atom. The molecule has 1 aromatic heterocycles. The zero-order chi connectivity index (χ0) is 30.7. The van der Waals surface area contributed by atoms with Crippen LogP contribution in [0.4, 0.5) is 19.1 Å². The molecule has 1 amide bonds. The Labute approximate surface area is 237 Å². The summed E-state index contributed by atoms with van der Waals surface area (Å²) in [5.41, 5.74) is 0.476. The highest BCUT2D eigenvalue weighted by Crippen LogP contribution is 2.37. The van der Waals surface area contributed by atoms with Gasteiger partial charge in [-0.25, -0.2) is 18.4 Å². The summed E-state index contributed by atoms with van der Waals surface area (Å²) in [5.74, 6) is -0.699. The molecule has 2 heterocycles. The minimum absolute atomic E-state index is 0.0115. The molecule has 41 heavy (non-hydrogen) atoms. The van der Waals surface area contributed by atoms with Crippen LogP contribution in [0.5, 0.6) is 0 Å². The Kier molecular flexibility index (Phi) is 9.75. The van der Waals surface area contributed by atoms with E-state index in [1.54, 1.807) is 37.0 Å². The third-order valence-corrected chi connectivity index (χ3v) is 8.48. The highest BCUT2D eigenvalue weighted by atomic mass is 32.2. The van der Waals surface area contributed by atoms with E-state index in [2.05, 4.69) is 27.0 Å². The summed E-state index contributed by atoms with van der Waals surface area (Å²) >= 11 is 0. The van der Waals surface area contributed by atoms with Crippen LogP contribution in [0.2, 0.25) is 0 Å². The molecule has 0 aliphatic carbocycles. The number of carbonyl (C=O) groups excluding carboxylic acids is 1. The lowest BCUT2D eigenvalue weighted by molar-refractivity contribution is -0.142. The number of halogens is 3. The smallest absolute Gasteiger partial charge is 0.389 e. The molecule has 1 aromatic carbocycles. The molecule has 1 aliphatic heterocycles. The molecule has 0 spiro atoms. The Hall–Kier alpha value is -3.58. The van der Waals surface area contributed by atoms with Crippen molar-refractivity contribution in [2.75, 3.05) is 17.2 Å². The van der Waals surface area contributed by atoms with Crippen molar-refractivity contribution in [2.24, 2.45) is 10.9 Å². The number of amides is 1. The number of hydrogen-bond donors (Lipinski definition) is 2. The molecule has 1 aliphatic rings. The number of aliphatic imine (C=N–C) groups is 1. The van der Waals surface area contributed by atoms with Crippen LogP contribution in [0.1, 0.15) is 57.5 Å². The second-order valence-electron chi connectivity index (χ2n) is 10.1. The first kappa shape index (κ1) is 31.9. The number of anilines is 1. The van der Waals surface area contributed by atoms with Crippen LogP contribution in [0.25, 0.3) is 0 Å². The molecule has 3 rings (SSSR count). The molecule has 0 bridgehead atoms. The molecule has 2 N–H and O–H groups in total. The Morgan fingerprint density at radius 1 is 1.27 bits per heavy atom. The molecule has 2 atom stereocenters. The van der Waals surface area contributed by atoms with Crippen molar-refractivity contribution < 1.29 is 31.5 Å². The van der Waals surface area contributed by atoms with Gasteiger partial charge in [0, 0.05) is 30.4 Å². The van der Waals surface area contributed by atoms with Gasteiger partial charge in [0.05, 0.1) is 28.5 Å². The molecule has 13 heteroatoms. The first-order chi connectivity index (χ1) is 19.1. The van der Waals surface area contributed by atoms with Crippen molar-refractivity contribution in [2.45, 2.75) is 64.4 Å². The van der Waals surface area contributed by atoms with E-state index in [0.717, 1.165) is 6.20 Å². The molecule has 222 valence electrons. The maximum atomic E-state index is 13.8. The molecule has 0 fully saturated rings. The molecule has 0 saturated heterocycles. The second-order valence-corrected chi connectivity index (χ2v) is 12.4. The fourth-order valence-corrected chi connectivity index (χ4v) is 5.45. The van der Waals surface area contributed by atoms with Gasteiger partial charge in [-0.05, 0) is 55.8 Å². The summed E-state index contributed by atoms with van der Waals surface area (Å²) in [6, 6.07) is 5.74. The number of aliphatic hydroxyl groups is 1. The summed E-state index contributed by atoms with van der Waals surface area (Å²) in [5, 5.41) is 12.6. The number of aromatic nitrogens is 2. The Balaban J connectivity index is 1.85. The molecule has 9 nitrogen and oxygen atoms in total. The summed E-state index contributed by atoms with van der Waals surface area (Å²) in [7, 11) is -3.33. The number of benzene rings is 1. The van der Waals surface area contributed by atoms with Crippen LogP contribution in [0, 0.1) is 5.92 Å². The van der Waals surface area contributed by atoms with Gasteiger partial charge in [-0.15, -0.1) is 0 Å². The normalized spacial score (nSPS) is 17.3. The van der Waals surface area contributed by atoms with Crippen molar-refractivity contribution in [1.29, 1.82) is 0 Å². The fraction of sp³-hybridized carbons (Fsp3) is 0.429. The average Bonchev–Trinajstić information content (AvgIpc) is 3.29. The van der Waals surface area contributed by atoms with Crippen LogP contribution in [0.3, 0.4) is 0 Å². The number of rotatable bonds is 10. The van der Waals surface area contributed by atoms with E-state index in [4.69, 9.17) is 0 Å². The maximum absolute atomic E-state index is 13.8. The summed E-state index contributed by atoms with van der Waals surface area (Å²) in [6.45, 7) is 12.0. The third kappa shape index (κ3) is 7.20. The van der Waals surface area contributed by atoms with Crippen molar-refractivity contribution in [3.8, 4) is 0 Å². The topological polar surface area (TPSA) is 125 Å². The number of hydrogen-bond acceptors (Lipinski definition) is 8. The molecular weight excluding hydrogens is 559 g/mol. The van der Waals surface area contributed by atoms with Gasteiger partial charge in [-0.3, -0.25) is 9.79 Å². The van der Waals surface area contributed by atoms with E-state index in [-0.39, 0.29) is 41.5 Å². The third-order valence-electron chi connectivity index (χ3n) is 6.73. The number of sulfone groups is 1. The number of aliphatic hydroxyl groups excluding tert-OH is 1. The summed E-state index contributed by atoms with van der Waals surface area (Å²) in [6.07, 6.45) is -3.62. The van der Waals surface area contributed by atoms with Gasteiger partial charge >= 0.3 is 6.18 Å². The monoisotopic (exact) mass is 593 g/mol. The lowest BCUT2D eigenvalue weighted by Gasteiger charge is -2.29. The first-order valence-electron chi connectivity index (χ1n) is 13.0. The van der Waals surface area contributed by atoms with E-state index >= 15 is 0 Å². The van der Waals surface area contributed by atoms with Gasteiger partial charge in [0.15, 0.2) is 15.5 Å². The Bertz CT molecular complexity index is 1470. The Morgan fingerprint density at radius 3 is 2.41 bits per heavy atom. The van der Waals surface area contributed by atoms with Gasteiger partial charge in [-0.2, -0.15) is 13.2 Å². The zero-order valence-electron chi connectivity index (χ0n) is 23.5. The maximum Gasteiger partial charge on any atom is 0.433 e. The van der Waals surface area contributed by atoms with Crippen molar-refractivity contribution >= 4 is 28.4 Å². The zero-order valence-corrected chi connectivity index (χ0v) is 24.3. The van der Waals surface area contributed by atoms with Crippen LogP contribution < -0.4 is 10.2 Å². The predicted octanol–water partition coefficient (Wildman–Crippen LogP) is 4.40. The highest BCUT2D eigenvalue weighted by molar-refractivity contribution is 7.91. The van der Waals surface area contributed by atoms with E-state index < -0.39 is 39.4 Å². The van der Waals surface area contributed by atoms with Crippen molar-refractivity contribution in [3.63, 3.8) is 0 Å². The lowest BCUT2D eigenvalue weighted by Crippen LogP contribution is -2.37. The largest absolute Gasteiger partial charge is 0.433 e. The SMILES string of the molecule is C=NC1=C(/C=C(\C)C(=O)NCc2ccc(S(=O)(=O)CC)cc2)CN(c2ncc([C@H](C)O)c(C(F)(F)F)n2)[C@H]1C(C)C. The highest BCUT2D eigenvalue weighted by Gasteiger charge is 2.40. The molecule has 0 radical (unpaired) electrons. The fourth-order valence-electron chi connectivity index (χ4n) is 4.57. The number of nitrogens with one attached hydrogen (secondary N) is 1. The summed E-state index contributed by atoms with van der Waals surface area (Å²) in [4.78, 5) is 26.7. The second kappa shape index (κ2) is 12.5. The molecule has 0 saturated carbocycles. The van der Waals surface area contributed by atoms with Gasteiger partial charge in [0.2, 0.25) is 11.9 Å². The molecule has 0 unspecified atom stereocenters. The minimum atomic E-state index is -4.80. The van der Waals surface area contributed by atoms with Gasteiger partial charge < -0.3 is 15.3 Å². The molecular formula is C28H34F3N5O4S. The van der Waals surface area contributed by atoms with Crippen LogP contribution in [-0.2, 0) is 27.4 Å². The summed E-state index contributed by atoms with van der Waals surface area (Å²) < 4.78 is 65.3. The average molecular weight is 594 g/mol. The van der Waals surface area contributed by atoms with E-state index in [1.165, 1.54) is 19.1 Å². The van der Waals surface area contributed by atoms with Gasteiger partial charge in [0.1, 0.15) is 0 Å². The quantitative estimate of drug-likeness (QED) is 0.309. The predicted molar refractivity (Wildman–Crippen MR) is 150 cm³/mol. The van der Waals surface area contributed by atoms with Gasteiger partial charge in [-0.1, -0.05) is 32.9 Å². The number of alkyl halides is 3. The van der Waals surface area contributed by atoms with Crippen LogP contribution >= 0.6 is 0 Å².